The van der Waals surface area contributed by atoms with Crippen molar-refractivity contribution < 1.29 is 24.1 Å². The molecule has 5 heteroatoms. The van der Waals surface area contributed by atoms with E-state index in [-0.39, 0.29) is 5.92 Å². The maximum Gasteiger partial charge on any atom is 0.307 e. The predicted molar refractivity (Wildman–Crippen MR) is 93.8 cm³/mol. The minimum atomic E-state index is -0.784. The van der Waals surface area contributed by atoms with E-state index in [0.717, 1.165) is 17.5 Å². The van der Waals surface area contributed by atoms with E-state index in [1.54, 1.807) is 21.3 Å². The first-order valence-corrected chi connectivity index (χ1v) is 8.21. The van der Waals surface area contributed by atoms with Crippen molar-refractivity contribution in [3.05, 3.63) is 53.1 Å². The van der Waals surface area contributed by atoms with Crippen molar-refractivity contribution in [2.75, 3.05) is 21.3 Å². The van der Waals surface area contributed by atoms with Gasteiger partial charge in [-0.3, -0.25) is 4.79 Å². The Hall–Kier alpha value is -2.69. The van der Waals surface area contributed by atoms with Gasteiger partial charge in [0.1, 0.15) is 0 Å². The number of benzene rings is 2. The van der Waals surface area contributed by atoms with E-state index in [1.165, 1.54) is 5.56 Å². The largest absolute Gasteiger partial charge is 0.493 e. The summed E-state index contributed by atoms with van der Waals surface area (Å²) < 4.78 is 16.3. The first-order chi connectivity index (χ1) is 12.1. The quantitative estimate of drug-likeness (QED) is 0.901. The molecule has 132 valence electrons. The van der Waals surface area contributed by atoms with E-state index in [2.05, 4.69) is 6.07 Å². The molecule has 0 aliphatic heterocycles. The smallest absolute Gasteiger partial charge is 0.307 e. The first-order valence-electron chi connectivity index (χ1n) is 8.21. The lowest BCUT2D eigenvalue weighted by Crippen LogP contribution is -2.28. The van der Waals surface area contributed by atoms with Crippen molar-refractivity contribution >= 4 is 5.97 Å². The second-order valence-corrected chi connectivity index (χ2v) is 6.12. The zero-order valence-electron chi connectivity index (χ0n) is 14.6. The highest BCUT2D eigenvalue weighted by Gasteiger charge is 2.36. The second kappa shape index (κ2) is 7.05. The van der Waals surface area contributed by atoms with Crippen LogP contribution in [-0.2, 0) is 11.2 Å². The number of hydrogen-bond donors (Lipinski definition) is 1. The highest BCUT2D eigenvalue weighted by Crippen LogP contribution is 2.46. The summed E-state index contributed by atoms with van der Waals surface area (Å²) in [4.78, 5) is 11.9. The van der Waals surface area contributed by atoms with Crippen molar-refractivity contribution in [2.24, 2.45) is 5.92 Å². The Morgan fingerprint density at radius 1 is 1.04 bits per heavy atom. The van der Waals surface area contributed by atoms with Gasteiger partial charge >= 0.3 is 5.97 Å². The van der Waals surface area contributed by atoms with Gasteiger partial charge in [0.05, 0.1) is 27.2 Å². The predicted octanol–water partition coefficient (Wildman–Crippen LogP) is 3.49. The van der Waals surface area contributed by atoms with Gasteiger partial charge < -0.3 is 19.3 Å². The van der Waals surface area contributed by atoms with Gasteiger partial charge in [-0.15, -0.1) is 0 Å². The van der Waals surface area contributed by atoms with Crippen LogP contribution < -0.4 is 14.2 Å². The summed E-state index contributed by atoms with van der Waals surface area (Å²) in [6.45, 7) is 0. The lowest BCUT2D eigenvalue weighted by atomic mass is 9.72. The molecule has 2 aromatic rings. The molecule has 1 N–H and O–H groups in total. The van der Waals surface area contributed by atoms with Crippen LogP contribution in [0, 0.1) is 5.92 Å². The summed E-state index contributed by atoms with van der Waals surface area (Å²) in [6, 6.07) is 11.7. The number of carbonyl (C=O) groups is 1. The van der Waals surface area contributed by atoms with Crippen molar-refractivity contribution in [1.29, 1.82) is 0 Å². The molecule has 0 saturated carbocycles. The van der Waals surface area contributed by atoms with E-state index < -0.39 is 11.9 Å². The molecule has 25 heavy (non-hydrogen) atoms. The van der Waals surface area contributed by atoms with E-state index in [1.807, 2.05) is 30.3 Å². The summed E-state index contributed by atoms with van der Waals surface area (Å²) in [5, 5.41) is 9.76. The molecule has 3 rings (SSSR count). The molecule has 2 aromatic carbocycles. The zero-order valence-corrected chi connectivity index (χ0v) is 14.6. The van der Waals surface area contributed by atoms with Crippen LogP contribution in [0.2, 0.25) is 0 Å². The summed E-state index contributed by atoms with van der Waals surface area (Å²) in [5.74, 6) is 0.0416. The topological polar surface area (TPSA) is 65.0 Å². The van der Waals surface area contributed by atoms with Gasteiger partial charge in [-0.05, 0) is 41.7 Å². The summed E-state index contributed by atoms with van der Waals surface area (Å²) >= 11 is 0. The van der Waals surface area contributed by atoms with Crippen LogP contribution in [-0.4, -0.2) is 32.4 Å². The fourth-order valence-electron chi connectivity index (χ4n) is 3.72. The molecule has 0 bridgehead atoms. The maximum absolute atomic E-state index is 11.9. The number of rotatable bonds is 5. The molecule has 0 amide bonds. The van der Waals surface area contributed by atoms with Gasteiger partial charge in [0, 0.05) is 5.92 Å². The van der Waals surface area contributed by atoms with Crippen LogP contribution in [0.4, 0.5) is 0 Å². The minimum Gasteiger partial charge on any atom is -0.493 e. The lowest BCUT2D eigenvalue weighted by Gasteiger charge is -2.32. The Labute approximate surface area is 147 Å². The lowest BCUT2D eigenvalue weighted by molar-refractivity contribution is -0.142. The fourth-order valence-corrected chi connectivity index (χ4v) is 3.72. The van der Waals surface area contributed by atoms with Crippen LogP contribution in [0.5, 0.6) is 17.2 Å². The number of carboxylic acids is 1. The molecule has 0 saturated heterocycles. The molecular formula is C20H22O5. The number of aliphatic carboxylic acids is 1. The van der Waals surface area contributed by atoms with Gasteiger partial charge in [-0.2, -0.15) is 0 Å². The average Bonchev–Trinajstić information content (AvgIpc) is 2.65. The normalized spacial score (nSPS) is 19.0. The van der Waals surface area contributed by atoms with Gasteiger partial charge in [-0.1, -0.05) is 24.3 Å². The van der Waals surface area contributed by atoms with Gasteiger partial charge in [0.15, 0.2) is 11.5 Å². The van der Waals surface area contributed by atoms with E-state index in [4.69, 9.17) is 14.2 Å². The highest BCUT2D eigenvalue weighted by molar-refractivity contribution is 5.74. The second-order valence-electron chi connectivity index (χ2n) is 6.12. The van der Waals surface area contributed by atoms with Gasteiger partial charge in [0.2, 0.25) is 5.75 Å². The van der Waals surface area contributed by atoms with Crippen LogP contribution in [0.15, 0.2) is 36.4 Å². The van der Waals surface area contributed by atoms with Crippen molar-refractivity contribution in [1.82, 2.24) is 0 Å². The average molecular weight is 342 g/mol. The van der Waals surface area contributed by atoms with Crippen LogP contribution in [0.25, 0.3) is 0 Å². The number of hydrogen-bond acceptors (Lipinski definition) is 4. The molecule has 0 aromatic heterocycles. The first kappa shape index (κ1) is 17.1. The third kappa shape index (κ3) is 3.02. The minimum absolute atomic E-state index is 0.254. The van der Waals surface area contributed by atoms with Gasteiger partial charge in [-0.25, -0.2) is 0 Å². The number of methoxy groups -OCH3 is 3. The molecule has 2 atom stereocenters. The molecule has 0 fully saturated rings. The van der Waals surface area contributed by atoms with Crippen LogP contribution in [0.3, 0.4) is 0 Å². The Bertz CT molecular complexity index is 758. The monoisotopic (exact) mass is 342 g/mol. The van der Waals surface area contributed by atoms with Crippen LogP contribution in [0.1, 0.15) is 29.0 Å². The van der Waals surface area contributed by atoms with Crippen molar-refractivity contribution in [2.45, 2.75) is 18.8 Å². The van der Waals surface area contributed by atoms with E-state index >= 15 is 0 Å². The SMILES string of the molecule is COc1cc(C2c3ccccc3CCC2C(=O)O)cc(OC)c1OC. The van der Waals surface area contributed by atoms with Crippen molar-refractivity contribution in [3.8, 4) is 17.2 Å². The van der Waals surface area contributed by atoms with Gasteiger partial charge in [0.25, 0.3) is 0 Å². The fraction of sp³-hybridized carbons (Fsp3) is 0.350. The third-order valence-electron chi connectivity index (χ3n) is 4.88. The molecule has 2 unspecified atom stereocenters. The Kier molecular flexibility index (Phi) is 4.83. The molecule has 5 nitrogen and oxygen atoms in total. The van der Waals surface area contributed by atoms with E-state index in [9.17, 15) is 9.90 Å². The molecule has 0 heterocycles. The number of aryl methyl sites for hydroxylation is 1. The zero-order chi connectivity index (χ0) is 18.0. The third-order valence-corrected chi connectivity index (χ3v) is 4.88. The summed E-state index contributed by atoms with van der Waals surface area (Å²) in [5.41, 5.74) is 3.10. The highest BCUT2D eigenvalue weighted by atomic mass is 16.5. The summed E-state index contributed by atoms with van der Waals surface area (Å²) in [6.07, 6.45) is 1.38. The number of fused-ring (bicyclic) bond motifs is 1. The molecule has 0 radical (unpaired) electrons. The molecule has 0 spiro atoms. The maximum atomic E-state index is 11.9. The Morgan fingerprint density at radius 3 is 2.24 bits per heavy atom. The number of carboxylic acid groups (broad SMARTS) is 1. The molecule has 1 aliphatic carbocycles. The standard InChI is InChI=1S/C20H22O5/c1-23-16-10-13(11-17(24-2)19(16)25-3)18-14-7-5-4-6-12(14)8-9-15(18)20(21)22/h4-7,10-11,15,18H,8-9H2,1-3H3,(H,21,22). The molecule has 1 aliphatic rings. The number of ether oxygens (including phenoxy) is 3. The van der Waals surface area contributed by atoms with Crippen molar-refractivity contribution in [3.63, 3.8) is 0 Å². The Balaban J connectivity index is 2.19. The van der Waals surface area contributed by atoms with E-state index in [0.29, 0.717) is 23.7 Å². The Morgan fingerprint density at radius 2 is 1.68 bits per heavy atom. The molecular weight excluding hydrogens is 320 g/mol. The summed E-state index contributed by atoms with van der Waals surface area (Å²) in [7, 11) is 4.67. The van der Waals surface area contributed by atoms with Crippen LogP contribution >= 0.6 is 0 Å².